The molecule has 0 radical (unpaired) electrons. The zero-order valence-corrected chi connectivity index (χ0v) is 17.0. The first kappa shape index (κ1) is 19.2. The van der Waals surface area contributed by atoms with Crippen molar-refractivity contribution in [2.75, 3.05) is 7.11 Å². The van der Waals surface area contributed by atoms with Crippen molar-refractivity contribution in [2.45, 2.75) is 0 Å². The van der Waals surface area contributed by atoms with Crippen LogP contribution >= 0.6 is 23.2 Å². The third-order valence-electron chi connectivity index (χ3n) is 4.50. The molecule has 3 aromatic carbocycles. The average molecular weight is 423 g/mol. The summed E-state index contributed by atoms with van der Waals surface area (Å²) in [7, 11) is 1.60. The van der Waals surface area contributed by atoms with Crippen molar-refractivity contribution in [3.05, 3.63) is 98.5 Å². The Labute approximate surface area is 177 Å². The van der Waals surface area contributed by atoms with E-state index in [2.05, 4.69) is 0 Å². The maximum absolute atomic E-state index is 13.2. The quantitative estimate of drug-likeness (QED) is 0.412. The maximum Gasteiger partial charge on any atom is 0.266 e. The molecule has 0 fully saturated rings. The van der Waals surface area contributed by atoms with Crippen LogP contribution in [0.4, 0.5) is 0 Å². The highest BCUT2D eigenvalue weighted by Gasteiger charge is 2.11. The lowest BCUT2D eigenvalue weighted by Crippen LogP contribution is -2.22. The fraction of sp³-hybridized carbons (Fsp3) is 0.0435. The lowest BCUT2D eigenvalue weighted by atomic mass is 10.2. The fourth-order valence-electron chi connectivity index (χ4n) is 3.03. The van der Waals surface area contributed by atoms with Gasteiger partial charge in [-0.15, -0.1) is 0 Å². The Morgan fingerprint density at radius 3 is 2.41 bits per heavy atom. The van der Waals surface area contributed by atoms with Gasteiger partial charge in [-0.3, -0.25) is 9.36 Å². The fourth-order valence-corrected chi connectivity index (χ4v) is 3.34. The molecule has 6 heteroatoms. The monoisotopic (exact) mass is 422 g/mol. The molecule has 4 nitrogen and oxygen atoms in total. The number of halogens is 2. The molecular formula is C23H16Cl2N2O2. The van der Waals surface area contributed by atoms with Crippen LogP contribution in [-0.4, -0.2) is 16.7 Å². The minimum absolute atomic E-state index is 0.144. The van der Waals surface area contributed by atoms with Gasteiger partial charge in [-0.1, -0.05) is 47.5 Å². The van der Waals surface area contributed by atoms with E-state index in [1.807, 2.05) is 54.6 Å². The number of aromatic nitrogens is 2. The second-order valence-corrected chi connectivity index (χ2v) is 7.15. The second kappa shape index (κ2) is 8.11. The van der Waals surface area contributed by atoms with Crippen molar-refractivity contribution in [1.29, 1.82) is 0 Å². The zero-order chi connectivity index (χ0) is 20.4. The van der Waals surface area contributed by atoms with E-state index in [4.69, 9.17) is 32.9 Å². The molecule has 0 saturated heterocycles. The summed E-state index contributed by atoms with van der Waals surface area (Å²) in [6.07, 6.45) is 3.64. The summed E-state index contributed by atoms with van der Waals surface area (Å²) in [5.41, 5.74) is 2.04. The van der Waals surface area contributed by atoms with E-state index in [0.29, 0.717) is 38.2 Å². The Kier molecular flexibility index (Phi) is 5.38. The Hall–Kier alpha value is -3.08. The van der Waals surface area contributed by atoms with Gasteiger partial charge < -0.3 is 4.74 Å². The first-order valence-corrected chi connectivity index (χ1v) is 9.62. The summed E-state index contributed by atoms with van der Waals surface area (Å²) in [5, 5.41) is 1.51. The zero-order valence-electron chi connectivity index (χ0n) is 15.5. The molecule has 1 aromatic heterocycles. The minimum atomic E-state index is -0.144. The van der Waals surface area contributed by atoms with Gasteiger partial charge in [0.1, 0.15) is 11.6 Å². The average Bonchev–Trinajstić information content (AvgIpc) is 2.75. The van der Waals surface area contributed by atoms with Gasteiger partial charge in [0, 0.05) is 0 Å². The van der Waals surface area contributed by atoms with Crippen molar-refractivity contribution in [2.24, 2.45) is 0 Å². The predicted molar refractivity (Wildman–Crippen MR) is 119 cm³/mol. The molecule has 1 heterocycles. The van der Waals surface area contributed by atoms with Crippen LogP contribution in [0.3, 0.4) is 0 Å². The third-order valence-corrected chi connectivity index (χ3v) is 5.24. The highest BCUT2D eigenvalue weighted by molar-refractivity contribution is 6.42. The SMILES string of the molecule is COc1ccc(-n2c(C=Cc3ccc(Cl)c(Cl)c3)nc3ccccc3c2=O)cc1. The highest BCUT2D eigenvalue weighted by Crippen LogP contribution is 2.24. The second-order valence-electron chi connectivity index (χ2n) is 6.33. The van der Waals surface area contributed by atoms with Gasteiger partial charge in [0.25, 0.3) is 5.56 Å². The van der Waals surface area contributed by atoms with Crippen LogP contribution in [0.5, 0.6) is 5.75 Å². The van der Waals surface area contributed by atoms with Gasteiger partial charge in [-0.2, -0.15) is 0 Å². The third kappa shape index (κ3) is 3.90. The first-order valence-electron chi connectivity index (χ1n) is 8.86. The minimum Gasteiger partial charge on any atom is -0.497 e. The van der Waals surface area contributed by atoms with Crippen molar-refractivity contribution in [3.63, 3.8) is 0 Å². The number of hydrogen-bond acceptors (Lipinski definition) is 3. The molecule has 0 spiro atoms. The van der Waals surface area contributed by atoms with Gasteiger partial charge in [0.15, 0.2) is 0 Å². The molecule has 0 aliphatic carbocycles. The van der Waals surface area contributed by atoms with E-state index in [1.54, 1.807) is 36.0 Å². The van der Waals surface area contributed by atoms with Crippen molar-refractivity contribution >= 4 is 46.3 Å². The number of rotatable bonds is 4. The molecule has 4 aromatic rings. The van der Waals surface area contributed by atoms with Crippen LogP contribution in [-0.2, 0) is 0 Å². The van der Waals surface area contributed by atoms with Gasteiger partial charge in [0.2, 0.25) is 0 Å². The molecule has 0 aliphatic rings. The van der Waals surface area contributed by atoms with Crippen LogP contribution in [0.25, 0.3) is 28.7 Å². The molecule has 29 heavy (non-hydrogen) atoms. The molecular weight excluding hydrogens is 407 g/mol. The van der Waals surface area contributed by atoms with E-state index < -0.39 is 0 Å². The Balaban J connectivity index is 1.89. The normalized spacial score (nSPS) is 11.3. The van der Waals surface area contributed by atoms with Crippen LogP contribution < -0.4 is 10.3 Å². The molecule has 0 bridgehead atoms. The topological polar surface area (TPSA) is 44.1 Å². The Bertz CT molecular complexity index is 1280. The smallest absolute Gasteiger partial charge is 0.266 e. The number of para-hydroxylation sites is 1. The van der Waals surface area contributed by atoms with Crippen LogP contribution in [0.1, 0.15) is 11.4 Å². The van der Waals surface area contributed by atoms with E-state index in [-0.39, 0.29) is 5.56 Å². The van der Waals surface area contributed by atoms with Gasteiger partial charge >= 0.3 is 0 Å². The standard InChI is InChI=1S/C23H16Cl2N2O2/c1-29-17-10-8-16(9-11-17)27-22(13-7-15-6-12-19(24)20(25)14-15)26-21-5-3-2-4-18(21)23(27)28/h2-14H,1H3. The Morgan fingerprint density at radius 1 is 0.931 bits per heavy atom. The summed E-state index contributed by atoms with van der Waals surface area (Å²) in [5.74, 6) is 1.22. The number of hydrogen-bond donors (Lipinski definition) is 0. The summed E-state index contributed by atoms with van der Waals surface area (Å²) in [6, 6.07) is 19.9. The van der Waals surface area contributed by atoms with Crippen LogP contribution in [0.15, 0.2) is 71.5 Å². The van der Waals surface area contributed by atoms with Gasteiger partial charge in [-0.25, -0.2) is 4.98 Å². The van der Waals surface area contributed by atoms with E-state index in [1.165, 1.54) is 0 Å². The molecule has 0 amide bonds. The van der Waals surface area contributed by atoms with Crippen LogP contribution in [0.2, 0.25) is 10.0 Å². The number of nitrogens with zero attached hydrogens (tertiary/aromatic N) is 2. The van der Waals surface area contributed by atoms with E-state index in [9.17, 15) is 4.79 Å². The lowest BCUT2D eigenvalue weighted by Gasteiger charge is -2.12. The van der Waals surface area contributed by atoms with Crippen LogP contribution in [0, 0.1) is 0 Å². The molecule has 0 aliphatic heterocycles. The van der Waals surface area contributed by atoms with E-state index >= 15 is 0 Å². The molecule has 0 unspecified atom stereocenters. The maximum atomic E-state index is 13.2. The molecule has 0 atom stereocenters. The number of ether oxygens (including phenoxy) is 1. The number of methoxy groups -OCH3 is 1. The largest absolute Gasteiger partial charge is 0.497 e. The molecule has 144 valence electrons. The summed E-state index contributed by atoms with van der Waals surface area (Å²) < 4.78 is 6.80. The molecule has 0 N–H and O–H groups in total. The van der Waals surface area contributed by atoms with Crippen molar-refractivity contribution in [1.82, 2.24) is 9.55 Å². The summed E-state index contributed by atoms with van der Waals surface area (Å²) >= 11 is 12.1. The highest BCUT2D eigenvalue weighted by atomic mass is 35.5. The van der Waals surface area contributed by atoms with Gasteiger partial charge in [-0.05, 0) is 60.2 Å². The number of benzene rings is 3. The predicted octanol–water partition coefficient (Wildman–Crippen LogP) is 5.87. The molecule has 4 rings (SSSR count). The van der Waals surface area contributed by atoms with Crippen molar-refractivity contribution < 1.29 is 4.74 Å². The van der Waals surface area contributed by atoms with E-state index in [0.717, 1.165) is 5.56 Å². The summed E-state index contributed by atoms with van der Waals surface area (Å²) in [4.78, 5) is 17.9. The first-order chi connectivity index (χ1) is 14.1. The number of fused-ring (bicyclic) bond motifs is 1. The molecule has 0 saturated carbocycles. The lowest BCUT2D eigenvalue weighted by molar-refractivity contribution is 0.414. The van der Waals surface area contributed by atoms with Crippen molar-refractivity contribution in [3.8, 4) is 11.4 Å². The summed E-state index contributed by atoms with van der Waals surface area (Å²) in [6.45, 7) is 0. The Morgan fingerprint density at radius 2 is 1.69 bits per heavy atom. The van der Waals surface area contributed by atoms with Gasteiger partial charge in [0.05, 0.1) is 33.7 Å².